The van der Waals surface area contributed by atoms with E-state index in [1.165, 1.54) is 0 Å². The van der Waals surface area contributed by atoms with E-state index in [0.29, 0.717) is 0 Å². The van der Waals surface area contributed by atoms with Gasteiger partial charge in [-0.05, 0) is 26.3 Å². The third-order valence-electron chi connectivity index (χ3n) is 1.42. The average Bonchev–Trinajstić information content (AvgIpc) is 1.95. The lowest BCUT2D eigenvalue weighted by Gasteiger charge is -2.02. The molecule has 0 rings (SSSR count). The number of carboxylic acids is 1. The molecular formula is C9H17NO2. The van der Waals surface area contributed by atoms with Gasteiger partial charge in [-0.15, -0.1) is 0 Å². The number of carboxylic acid groups (broad SMARTS) is 1. The third-order valence-corrected chi connectivity index (χ3v) is 1.42. The molecule has 0 spiro atoms. The van der Waals surface area contributed by atoms with Gasteiger partial charge >= 0.3 is 5.97 Å². The highest BCUT2D eigenvalue weighted by molar-refractivity contribution is 5.66. The van der Waals surface area contributed by atoms with Crippen molar-refractivity contribution in [1.29, 1.82) is 0 Å². The van der Waals surface area contributed by atoms with Gasteiger partial charge in [-0.2, -0.15) is 0 Å². The third kappa shape index (κ3) is 9.17. The van der Waals surface area contributed by atoms with Gasteiger partial charge in [0.05, 0.1) is 0 Å². The van der Waals surface area contributed by atoms with Crippen LogP contribution in [0.25, 0.3) is 0 Å². The summed E-state index contributed by atoms with van der Waals surface area (Å²) in [5, 5.41) is 11.5. The van der Waals surface area contributed by atoms with Gasteiger partial charge in [0, 0.05) is 13.0 Å². The van der Waals surface area contributed by atoms with Crippen LogP contribution in [0, 0.1) is 0 Å². The summed E-state index contributed by atoms with van der Waals surface area (Å²) >= 11 is 0. The first kappa shape index (κ1) is 11.2. The minimum atomic E-state index is -0.713. The summed E-state index contributed by atoms with van der Waals surface area (Å²) in [5.41, 5.74) is 1.10. The molecule has 0 atom stereocenters. The maximum Gasteiger partial charge on any atom is 0.303 e. The summed E-state index contributed by atoms with van der Waals surface area (Å²) < 4.78 is 0. The lowest BCUT2D eigenvalue weighted by atomic mass is 10.2. The molecule has 0 aromatic heterocycles. The Morgan fingerprint density at radius 2 is 2.17 bits per heavy atom. The fourth-order valence-electron chi connectivity index (χ4n) is 0.828. The molecule has 0 amide bonds. The van der Waals surface area contributed by atoms with E-state index in [1.807, 2.05) is 6.92 Å². The Balaban J connectivity index is 3.01. The Bertz CT molecular complexity index is 137. The number of rotatable bonds is 7. The topological polar surface area (TPSA) is 49.3 Å². The lowest BCUT2D eigenvalue weighted by molar-refractivity contribution is -0.137. The minimum absolute atomic E-state index is 0.273. The van der Waals surface area contributed by atoms with Gasteiger partial charge in [0.1, 0.15) is 0 Å². The van der Waals surface area contributed by atoms with Gasteiger partial charge in [-0.1, -0.05) is 12.2 Å². The summed E-state index contributed by atoms with van der Waals surface area (Å²) in [6.07, 6.45) is 1.94. The smallest absolute Gasteiger partial charge is 0.303 e. The van der Waals surface area contributed by atoms with Crippen LogP contribution in [-0.2, 0) is 4.79 Å². The predicted octanol–water partition coefficient (Wildman–Crippen LogP) is 1.41. The number of nitrogens with one attached hydrogen (secondary N) is 1. The fourth-order valence-corrected chi connectivity index (χ4v) is 0.828. The summed E-state index contributed by atoms with van der Waals surface area (Å²) in [5.74, 6) is -0.713. The standard InChI is InChI=1S/C9H17NO2/c1-8(2)7-10-6-4-3-5-9(11)12/h10H,1,3-7H2,2H3,(H,11,12). The second kappa shape index (κ2) is 6.85. The van der Waals surface area contributed by atoms with Gasteiger partial charge in [0.2, 0.25) is 0 Å². The van der Waals surface area contributed by atoms with Gasteiger partial charge in [-0.3, -0.25) is 4.79 Å². The predicted molar refractivity (Wildman–Crippen MR) is 49.2 cm³/mol. The number of unbranched alkanes of at least 4 members (excludes halogenated alkanes) is 1. The van der Waals surface area contributed by atoms with Crippen molar-refractivity contribution >= 4 is 5.97 Å². The van der Waals surface area contributed by atoms with Crippen LogP contribution in [-0.4, -0.2) is 24.2 Å². The first-order chi connectivity index (χ1) is 5.63. The number of hydrogen-bond donors (Lipinski definition) is 2. The molecule has 70 valence electrons. The Labute approximate surface area is 73.5 Å². The van der Waals surface area contributed by atoms with Gasteiger partial charge in [0.15, 0.2) is 0 Å². The summed E-state index contributed by atoms with van der Waals surface area (Å²) in [7, 11) is 0. The quantitative estimate of drug-likeness (QED) is 0.449. The maximum absolute atomic E-state index is 10.1. The Morgan fingerprint density at radius 1 is 1.50 bits per heavy atom. The van der Waals surface area contributed by atoms with Crippen molar-refractivity contribution in [1.82, 2.24) is 5.32 Å². The first-order valence-corrected chi connectivity index (χ1v) is 4.20. The van der Waals surface area contributed by atoms with Crippen molar-refractivity contribution in [2.75, 3.05) is 13.1 Å². The highest BCUT2D eigenvalue weighted by Crippen LogP contribution is 1.93. The summed E-state index contributed by atoms with van der Waals surface area (Å²) in [6.45, 7) is 7.41. The molecular weight excluding hydrogens is 154 g/mol. The van der Waals surface area contributed by atoms with Crippen molar-refractivity contribution in [3.63, 3.8) is 0 Å². The van der Waals surface area contributed by atoms with Crippen LogP contribution in [0.2, 0.25) is 0 Å². The van der Waals surface area contributed by atoms with Crippen molar-refractivity contribution in [3.05, 3.63) is 12.2 Å². The van der Waals surface area contributed by atoms with Gasteiger partial charge in [-0.25, -0.2) is 0 Å². The molecule has 0 fully saturated rings. The molecule has 0 saturated heterocycles. The zero-order valence-corrected chi connectivity index (χ0v) is 7.60. The van der Waals surface area contributed by atoms with E-state index < -0.39 is 5.97 Å². The van der Waals surface area contributed by atoms with Crippen LogP contribution in [0.1, 0.15) is 26.2 Å². The zero-order chi connectivity index (χ0) is 9.40. The second-order valence-electron chi connectivity index (χ2n) is 2.98. The molecule has 0 aromatic carbocycles. The summed E-state index contributed by atoms with van der Waals surface area (Å²) in [4.78, 5) is 10.1. The number of hydrogen-bond acceptors (Lipinski definition) is 2. The lowest BCUT2D eigenvalue weighted by Crippen LogP contribution is -2.17. The van der Waals surface area contributed by atoms with Crippen LogP contribution in [0.15, 0.2) is 12.2 Å². The number of aliphatic carboxylic acids is 1. The van der Waals surface area contributed by atoms with Crippen LogP contribution < -0.4 is 5.32 Å². The monoisotopic (exact) mass is 171 g/mol. The van der Waals surface area contributed by atoms with E-state index in [2.05, 4.69) is 11.9 Å². The van der Waals surface area contributed by atoms with Crippen LogP contribution in [0.5, 0.6) is 0 Å². The van der Waals surface area contributed by atoms with E-state index in [-0.39, 0.29) is 6.42 Å². The van der Waals surface area contributed by atoms with E-state index >= 15 is 0 Å². The van der Waals surface area contributed by atoms with Gasteiger partial charge in [0.25, 0.3) is 0 Å². The van der Waals surface area contributed by atoms with E-state index in [9.17, 15) is 4.79 Å². The molecule has 0 aliphatic rings. The molecule has 0 radical (unpaired) electrons. The van der Waals surface area contributed by atoms with E-state index in [4.69, 9.17) is 5.11 Å². The molecule has 2 N–H and O–H groups in total. The van der Waals surface area contributed by atoms with E-state index in [0.717, 1.165) is 31.5 Å². The molecule has 0 bridgehead atoms. The molecule has 3 heteroatoms. The Morgan fingerprint density at radius 3 is 2.67 bits per heavy atom. The van der Waals surface area contributed by atoms with Crippen molar-refractivity contribution in [2.24, 2.45) is 0 Å². The number of carbonyl (C=O) groups is 1. The molecule has 12 heavy (non-hydrogen) atoms. The zero-order valence-electron chi connectivity index (χ0n) is 7.60. The van der Waals surface area contributed by atoms with Crippen LogP contribution in [0.3, 0.4) is 0 Å². The molecule has 0 aliphatic carbocycles. The molecule has 0 saturated carbocycles. The minimum Gasteiger partial charge on any atom is -0.481 e. The Hall–Kier alpha value is -0.830. The molecule has 0 aromatic rings. The Kier molecular flexibility index (Phi) is 6.38. The molecule has 0 aliphatic heterocycles. The van der Waals surface area contributed by atoms with E-state index in [1.54, 1.807) is 0 Å². The van der Waals surface area contributed by atoms with Gasteiger partial charge < -0.3 is 10.4 Å². The SMILES string of the molecule is C=C(C)CNCCCCC(=O)O. The average molecular weight is 171 g/mol. The molecule has 0 unspecified atom stereocenters. The van der Waals surface area contributed by atoms with Crippen molar-refractivity contribution < 1.29 is 9.90 Å². The maximum atomic E-state index is 10.1. The van der Waals surface area contributed by atoms with Crippen LogP contribution in [0.4, 0.5) is 0 Å². The van der Waals surface area contributed by atoms with Crippen LogP contribution >= 0.6 is 0 Å². The van der Waals surface area contributed by atoms with Crippen molar-refractivity contribution in [2.45, 2.75) is 26.2 Å². The highest BCUT2D eigenvalue weighted by atomic mass is 16.4. The molecule has 0 heterocycles. The largest absolute Gasteiger partial charge is 0.481 e. The first-order valence-electron chi connectivity index (χ1n) is 4.20. The van der Waals surface area contributed by atoms with Crippen molar-refractivity contribution in [3.8, 4) is 0 Å². The molecule has 3 nitrogen and oxygen atoms in total. The second-order valence-corrected chi connectivity index (χ2v) is 2.98. The summed E-state index contributed by atoms with van der Waals surface area (Å²) in [6, 6.07) is 0. The highest BCUT2D eigenvalue weighted by Gasteiger charge is 1.95. The normalized spacial score (nSPS) is 9.75. The fraction of sp³-hybridized carbons (Fsp3) is 0.667.